The molecule has 1 atom stereocenters. The molecule has 0 saturated heterocycles. The molecule has 6 heteroatoms. The maximum absolute atomic E-state index is 12.9. The number of thiocarbonyl (C=S) groups is 1. The van der Waals surface area contributed by atoms with Gasteiger partial charge in [-0.3, -0.25) is 4.79 Å². The summed E-state index contributed by atoms with van der Waals surface area (Å²) in [5, 5.41) is 2.58. The van der Waals surface area contributed by atoms with E-state index in [0.717, 1.165) is 12.1 Å². The normalized spacial score (nSPS) is 11.9. The van der Waals surface area contributed by atoms with Crippen molar-refractivity contribution in [3.8, 4) is 0 Å². The van der Waals surface area contributed by atoms with Crippen LogP contribution in [0, 0.1) is 11.6 Å². The lowest BCUT2D eigenvalue weighted by Gasteiger charge is -2.12. The summed E-state index contributed by atoms with van der Waals surface area (Å²) in [6, 6.07) is 2.70. The molecule has 1 amide bonds. The molecule has 17 heavy (non-hydrogen) atoms. The molecule has 1 rings (SSSR count). The average Bonchev–Trinajstić information content (AvgIpc) is 2.20. The molecule has 0 radical (unpaired) electrons. The molecule has 0 aliphatic carbocycles. The van der Waals surface area contributed by atoms with Crippen molar-refractivity contribution in [2.24, 2.45) is 5.73 Å². The van der Waals surface area contributed by atoms with E-state index in [2.05, 4.69) is 5.32 Å². The number of carbonyl (C=O) groups excluding carboxylic acids is 1. The van der Waals surface area contributed by atoms with Crippen LogP contribution in [0.1, 0.15) is 23.7 Å². The summed E-state index contributed by atoms with van der Waals surface area (Å²) in [7, 11) is 0. The van der Waals surface area contributed by atoms with Gasteiger partial charge in [-0.25, -0.2) is 8.78 Å². The second-order valence-corrected chi connectivity index (χ2v) is 4.20. The molecule has 0 aromatic heterocycles. The number of nitrogens with two attached hydrogens (primary N) is 1. The van der Waals surface area contributed by atoms with Crippen LogP contribution in [-0.4, -0.2) is 16.9 Å². The minimum absolute atomic E-state index is 0.0543. The van der Waals surface area contributed by atoms with Crippen molar-refractivity contribution in [1.82, 2.24) is 5.32 Å². The van der Waals surface area contributed by atoms with Crippen LogP contribution >= 0.6 is 12.2 Å². The van der Waals surface area contributed by atoms with Crippen molar-refractivity contribution >= 4 is 23.1 Å². The molecule has 0 spiro atoms. The Morgan fingerprint density at radius 3 is 2.65 bits per heavy atom. The number of hydrogen-bond acceptors (Lipinski definition) is 2. The van der Waals surface area contributed by atoms with Crippen LogP contribution in [0.25, 0.3) is 0 Å². The van der Waals surface area contributed by atoms with Gasteiger partial charge in [0, 0.05) is 18.0 Å². The van der Waals surface area contributed by atoms with E-state index in [1.54, 1.807) is 6.92 Å². The van der Waals surface area contributed by atoms with Gasteiger partial charge in [0.1, 0.15) is 0 Å². The van der Waals surface area contributed by atoms with Crippen LogP contribution < -0.4 is 11.1 Å². The summed E-state index contributed by atoms with van der Waals surface area (Å²) in [4.78, 5) is 11.9. The third kappa shape index (κ3) is 4.07. The van der Waals surface area contributed by atoms with E-state index in [0.29, 0.717) is 6.42 Å². The van der Waals surface area contributed by atoms with Crippen LogP contribution in [0.15, 0.2) is 18.2 Å². The number of halogens is 2. The molecule has 0 aliphatic rings. The quantitative estimate of drug-likeness (QED) is 0.809. The van der Waals surface area contributed by atoms with Gasteiger partial charge in [0.05, 0.1) is 4.99 Å². The van der Waals surface area contributed by atoms with Crippen molar-refractivity contribution in [2.45, 2.75) is 19.4 Å². The molecule has 0 fully saturated rings. The Morgan fingerprint density at radius 2 is 2.12 bits per heavy atom. The Labute approximate surface area is 103 Å². The summed E-state index contributed by atoms with van der Waals surface area (Å²) < 4.78 is 25.5. The van der Waals surface area contributed by atoms with E-state index in [4.69, 9.17) is 18.0 Å². The van der Waals surface area contributed by atoms with Crippen LogP contribution in [0.2, 0.25) is 0 Å². The maximum Gasteiger partial charge on any atom is 0.251 e. The fourth-order valence-electron chi connectivity index (χ4n) is 1.30. The predicted molar refractivity (Wildman–Crippen MR) is 64.7 cm³/mol. The Bertz CT molecular complexity index is 451. The van der Waals surface area contributed by atoms with E-state index in [9.17, 15) is 13.6 Å². The van der Waals surface area contributed by atoms with Gasteiger partial charge in [0.15, 0.2) is 11.6 Å². The monoisotopic (exact) mass is 258 g/mol. The number of nitrogens with one attached hydrogen (secondary N) is 1. The first kappa shape index (κ1) is 13.5. The third-order valence-corrected chi connectivity index (χ3v) is 2.23. The van der Waals surface area contributed by atoms with Crippen LogP contribution in [0.4, 0.5) is 8.78 Å². The van der Waals surface area contributed by atoms with E-state index < -0.39 is 17.5 Å². The number of amides is 1. The zero-order valence-electron chi connectivity index (χ0n) is 9.17. The molecule has 92 valence electrons. The molecule has 0 heterocycles. The molecular weight excluding hydrogens is 246 g/mol. The van der Waals surface area contributed by atoms with Gasteiger partial charge in [0.25, 0.3) is 5.91 Å². The first-order valence-corrected chi connectivity index (χ1v) is 5.35. The van der Waals surface area contributed by atoms with Gasteiger partial charge in [-0.1, -0.05) is 12.2 Å². The topological polar surface area (TPSA) is 55.1 Å². The molecule has 0 aliphatic heterocycles. The van der Waals surface area contributed by atoms with Crippen molar-refractivity contribution in [3.63, 3.8) is 0 Å². The van der Waals surface area contributed by atoms with Gasteiger partial charge in [-0.05, 0) is 25.1 Å². The molecule has 1 aromatic carbocycles. The minimum Gasteiger partial charge on any atom is -0.393 e. The fraction of sp³-hybridized carbons (Fsp3) is 0.273. The molecule has 3 N–H and O–H groups in total. The zero-order valence-corrected chi connectivity index (χ0v) is 9.98. The summed E-state index contributed by atoms with van der Waals surface area (Å²) in [6.07, 6.45) is 0.352. The van der Waals surface area contributed by atoms with E-state index in [-0.39, 0.29) is 16.6 Å². The van der Waals surface area contributed by atoms with Crippen LogP contribution in [0.5, 0.6) is 0 Å². The molecule has 1 unspecified atom stereocenters. The first-order valence-electron chi connectivity index (χ1n) is 4.94. The Kier molecular flexibility index (Phi) is 4.51. The van der Waals surface area contributed by atoms with Gasteiger partial charge >= 0.3 is 0 Å². The van der Waals surface area contributed by atoms with Crippen LogP contribution in [-0.2, 0) is 0 Å². The smallest absolute Gasteiger partial charge is 0.251 e. The third-order valence-electron chi connectivity index (χ3n) is 2.07. The maximum atomic E-state index is 12.9. The number of benzene rings is 1. The van der Waals surface area contributed by atoms with Crippen molar-refractivity contribution < 1.29 is 13.6 Å². The summed E-state index contributed by atoms with van der Waals surface area (Å²) >= 11 is 4.70. The molecule has 0 bridgehead atoms. The van der Waals surface area contributed by atoms with Gasteiger partial charge in [-0.15, -0.1) is 0 Å². The zero-order chi connectivity index (χ0) is 13.0. The largest absolute Gasteiger partial charge is 0.393 e. The standard InChI is InChI=1S/C11H12F2N2OS/c1-6(4-10(14)17)15-11(16)7-2-3-8(12)9(13)5-7/h2-3,5-6H,4H2,1H3,(H2,14,17)(H,15,16). The Morgan fingerprint density at radius 1 is 1.47 bits per heavy atom. The highest BCUT2D eigenvalue weighted by Gasteiger charge is 2.12. The lowest BCUT2D eigenvalue weighted by Crippen LogP contribution is -2.35. The number of rotatable bonds is 4. The lowest BCUT2D eigenvalue weighted by atomic mass is 10.1. The molecule has 3 nitrogen and oxygen atoms in total. The SMILES string of the molecule is CC(CC(N)=S)NC(=O)c1ccc(F)c(F)c1. The van der Waals surface area contributed by atoms with E-state index in [1.807, 2.05) is 0 Å². The van der Waals surface area contributed by atoms with Gasteiger partial charge in [-0.2, -0.15) is 0 Å². The van der Waals surface area contributed by atoms with Crippen molar-refractivity contribution in [2.75, 3.05) is 0 Å². The van der Waals surface area contributed by atoms with Gasteiger partial charge in [0.2, 0.25) is 0 Å². The highest BCUT2D eigenvalue weighted by Crippen LogP contribution is 2.09. The number of hydrogen-bond donors (Lipinski definition) is 2. The second-order valence-electron chi connectivity index (χ2n) is 3.67. The lowest BCUT2D eigenvalue weighted by molar-refractivity contribution is 0.0941. The number of carbonyl (C=O) groups is 1. The summed E-state index contributed by atoms with van der Waals surface area (Å²) in [5.74, 6) is -2.54. The Balaban J connectivity index is 2.70. The fourth-order valence-corrected chi connectivity index (χ4v) is 1.55. The average molecular weight is 258 g/mol. The van der Waals surface area contributed by atoms with Crippen molar-refractivity contribution in [3.05, 3.63) is 35.4 Å². The molecular formula is C11H12F2N2OS. The highest BCUT2D eigenvalue weighted by atomic mass is 32.1. The van der Waals surface area contributed by atoms with Crippen molar-refractivity contribution in [1.29, 1.82) is 0 Å². The highest BCUT2D eigenvalue weighted by molar-refractivity contribution is 7.80. The van der Waals surface area contributed by atoms with E-state index >= 15 is 0 Å². The van der Waals surface area contributed by atoms with E-state index in [1.165, 1.54) is 6.07 Å². The molecule has 0 saturated carbocycles. The summed E-state index contributed by atoms with van der Waals surface area (Å²) in [5.41, 5.74) is 5.38. The second kappa shape index (κ2) is 5.67. The summed E-state index contributed by atoms with van der Waals surface area (Å²) in [6.45, 7) is 1.72. The van der Waals surface area contributed by atoms with Gasteiger partial charge < -0.3 is 11.1 Å². The first-order chi connectivity index (χ1) is 7.90. The Hall–Kier alpha value is -1.56. The minimum atomic E-state index is -1.06. The van der Waals surface area contributed by atoms with Crippen LogP contribution in [0.3, 0.4) is 0 Å². The molecule has 1 aromatic rings. The predicted octanol–water partition coefficient (Wildman–Crippen LogP) is 1.76.